The predicted molar refractivity (Wildman–Crippen MR) is 30.7 cm³/mol. The Morgan fingerprint density at radius 1 is 2.00 bits per heavy atom. The molecule has 0 aromatic heterocycles. The molecule has 1 aliphatic rings. The van der Waals surface area contributed by atoms with E-state index >= 15 is 0 Å². The highest BCUT2D eigenvalue weighted by Gasteiger charge is 2.09. The summed E-state index contributed by atoms with van der Waals surface area (Å²) < 4.78 is 4.92. The number of hydrogen-bond donors (Lipinski definition) is 0. The molecule has 1 atom stereocenters. The summed E-state index contributed by atoms with van der Waals surface area (Å²) in [5, 5.41) is 0. The van der Waals surface area contributed by atoms with Gasteiger partial charge in [-0.1, -0.05) is 11.8 Å². The van der Waals surface area contributed by atoms with E-state index in [1.165, 1.54) is 11.8 Å². The van der Waals surface area contributed by atoms with Crippen molar-refractivity contribution < 1.29 is 4.74 Å². The maximum absolute atomic E-state index is 4.92. The van der Waals surface area contributed by atoms with E-state index in [-0.39, 0.29) is 5.44 Å². The molecule has 0 amide bonds. The number of nitrogens with zero attached hydrogens (tertiary/aromatic N) is 1. The lowest BCUT2D eigenvalue weighted by molar-refractivity contribution is 0.182. The summed E-state index contributed by atoms with van der Waals surface area (Å²) in [5.41, 5.74) is 2.98. The molecule has 0 aromatic carbocycles. The maximum atomic E-state index is 4.92. The first kappa shape index (κ1) is 5.12. The lowest BCUT2D eigenvalue weighted by atomic mass is 10.7. The first-order valence-electron chi connectivity index (χ1n) is 2.03. The molecule has 1 rings (SSSR count). The Labute approximate surface area is 47.0 Å². The predicted octanol–water partition coefficient (Wildman–Crippen LogP) is 0.611. The van der Waals surface area contributed by atoms with Crippen molar-refractivity contribution in [3.8, 4) is 0 Å². The average molecular weight is 116 g/mol. The summed E-state index contributed by atoms with van der Waals surface area (Å²) in [4.78, 5) is 3.82. The quantitative estimate of drug-likeness (QED) is 0.500. The van der Waals surface area contributed by atoms with E-state index in [1.807, 2.05) is 0 Å². The van der Waals surface area contributed by atoms with E-state index in [9.17, 15) is 0 Å². The van der Waals surface area contributed by atoms with Crippen molar-refractivity contribution in [3.63, 3.8) is 0 Å². The number of aliphatic imine (C=N–C) groups is 1. The summed E-state index contributed by atoms with van der Waals surface area (Å²) in [6.07, 6.45) is 0. The Bertz CT molecular complexity index is 75.8. The molecule has 1 heterocycles. The molecule has 1 unspecified atom stereocenters. The Morgan fingerprint density at radius 2 is 2.86 bits per heavy atom. The van der Waals surface area contributed by atoms with Gasteiger partial charge >= 0.3 is 0 Å². The summed E-state index contributed by atoms with van der Waals surface area (Å²) in [7, 11) is 1.68. The van der Waals surface area contributed by atoms with Crippen LogP contribution in [-0.4, -0.2) is 24.6 Å². The van der Waals surface area contributed by atoms with Gasteiger partial charge in [-0.25, -0.2) is 0 Å². The minimum absolute atomic E-state index is 0.236. The van der Waals surface area contributed by atoms with Crippen LogP contribution in [0.3, 0.4) is 0 Å². The molecular weight excluding hydrogens is 110 g/mol. The Morgan fingerprint density at radius 3 is 3.14 bits per heavy atom. The van der Waals surface area contributed by atoms with Gasteiger partial charge in [0.25, 0.3) is 0 Å². The average Bonchev–Trinajstić information content (AvgIpc) is 2.14. The van der Waals surface area contributed by atoms with Crippen LogP contribution in [0.4, 0.5) is 0 Å². The minimum atomic E-state index is 0.236. The van der Waals surface area contributed by atoms with E-state index in [0.29, 0.717) is 0 Å². The number of hydrogen-bond acceptors (Lipinski definition) is 3. The summed E-state index contributed by atoms with van der Waals surface area (Å²) >= 11 is 1.50. The van der Waals surface area contributed by atoms with E-state index in [0.717, 1.165) is 6.54 Å². The van der Waals surface area contributed by atoms with Crippen LogP contribution in [0.25, 0.3) is 0 Å². The molecular formula is C4H6NOS. The molecule has 39 valence electrons. The van der Waals surface area contributed by atoms with Crippen LogP contribution in [0.5, 0.6) is 0 Å². The highest BCUT2D eigenvalue weighted by molar-refractivity contribution is 8.12. The molecule has 7 heavy (non-hydrogen) atoms. The van der Waals surface area contributed by atoms with Crippen molar-refractivity contribution in [3.05, 3.63) is 0 Å². The number of ether oxygens (including phenoxy) is 1. The molecule has 0 saturated heterocycles. The van der Waals surface area contributed by atoms with Crippen molar-refractivity contribution >= 4 is 17.3 Å². The van der Waals surface area contributed by atoms with Crippen LogP contribution in [0.15, 0.2) is 4.99 Å². The number of thioether (sulfide) groups is 1. The zero-order valence-corrected chi connectivity index (χ0v) is 4.86. The van der Waals surface area contributed by atoms with Crippen LogP contribution in [-0.2, 0) is 4.74 Å². The smallest absolute Gasteiger partial charge is 0.128 e. The molecule has 3 heteroatoms. The fourth-order valence-corrected chi connectivity index (χ4v) is 0.880. The summed E-state index contributed by atoms with van der Waals surface area (Å²) in [6, 6.07) is 0. The molecule has 1 aliphatic heterocycles. The second-order valence-corrected chi connectivity index (χ2v) is 2.16. The largest absolute Gasteiger partial charge is 0.368 e. The third kappa shape index (κ3) is 1.17. The minimum Gasteiger partial charge on any atom is -0.368 e. The van der Waals surface area contributed by atoms with Gasteiger partial charge in [0, 0.05) is 7.11 Å². The van der Waals surface area contributed by atoms with Gasteiger partial charge in [-0.05, 0) is 0 Å². The van der Waals surface area contributed by atoms with Crippen molar-refractivity contribution in [1.82, 2.24) is 0 Å². The molecule has 2 nitrogen and oxygen atoms in total. The highest BCUT2D eigenvalue weighted by Crippen LogP contribution is 2.13. The van der Waals surface area contributed by atoms with E-state index in [2.05, 4.69) is 10.5 Å². The van der Waals surface area contributed by atoms with Crippen LogP contribution in [0.1, 0.15) is 0 Å². The SMILES string of the molecule is COC1CN=[C]S1. The first-order chi connectivity index (χ1) is 3.43. The van der Waals surface area contributed by atoms with E-state index in [1.54, 1.807) is 7.11 Å². The van der Waals surface area contributed by atoms with Gasteiger partial charge in [-0.15, -0.1) is 0 Å². The lowest BCUT2D eigenvalue weighted by Gasteiger charge is -1.99. The third-order valence-corrected chi connectivity index (χ3v) is 1.59. The molecule has 0 saturated carbocycles. The molecule has 1 radical (unpaired) electrons. The summed E-state index contributed by atoms with van der Waals surface area (Å²) in [6.45, 7) is 0.765. The molecule has 0 bridgehead atoms. The second kappa shape index (κ2) is 2.33. The van der Waals surface area contributed by atoms with Crippen LogP contribution < -0.4 is 0 Å². The molecule has 0 fully saturated rings. The Balaban J connectivity index is 2.22. The van der Waals surface area contributed by atoms with Crippen molar-refractivity contribution in [2.45, 2.75) is 5.44 Å². The molecule has 0 aliphatic carbocycles. The fourth-order valence-electron chi connectivity index (χ4n) is 0.368. The third-order valence-electron chi connectivity index (χ3n) is 0.752. The Kier molecular flexibility index (Phi) is 1.70. The zero-order valence-electron chi connectivity index (χ0n) is 4.05. The molecule has 0 aromatic rings. The van der Waals surface area contributed by atoms with Crippen LogP contribution in [0, 0.1) is 0 Å². The van der Waals surface area contributed by atoms with E-state index in [4.69, 9.17) is 4.74 Å². The maximum Gasteiger partial charge on any atom is 0.128 e. The van der Waals surface area contributed by atoms with Gasteiger partial charge in [0.05, 0.1) is 6.54 Å². The van der Waals surface area contributed by atoms with Crippen molar-refractivity contribution in [2.24, 2.45) is 4.99 Å². The highest BCUT2D eigenvalue weighted by atomic mass is 32.2. The van der Waals surface area contributed by atoms with Crippen LogP contribution in [0.2, 0.25) is 0 Å². The fraction of sp³-hybridized carbons (Fsp3) is 0.750. The van der Waals surface area contributed by atoms with Gasteiger partial charge < -0.3 is 4.74 Å². The Hall–Kier alpha value is -0.0200. The van der Waals surface area contributed by atoms with E-state index < -0.39 is 0 Å². The van der Waals surface area contributed by atoms with Gasteiger partial charge in [-0.2, -0.15) is 0 Å². The topological polar surface area (TPSA) is 21.6 Å². The van der Waals surface area contributed by atoms with Gasteiger partial charge in [0.15, 0.2) is 0 Å². The van der Waals surface area contributed by atoms with Crippen molar-refractivity contribution in [1.29, 1.82) is 0 Å². The monoisotopic (exact) mass is 116 g/mol. The molecule has 0 spiro atoms. The van der Waals surface area contributed by atoms with Crippen LogP contribution >= 0.6 is 11.8 Å². The normalized spacial score (nSPS) is 29.0. The number of methoxy groups -OCH3 is 1. The first-order valence-corrected chi connectivity index (χ1v) is 2.91. The standard InChI is InChI=1S/C4H6NOS/c1-6-4-2-5-3-7-4/h4H,2H2,1H3. The van der Waals surface area contributed by atoms with Crippen molar-refractivity contribution in [2.75, 3.05) is 13.7 Å². The lowest BCUT2D eigenvalue weighted by Crippen LogP contribution is -2.03. The zero-order chi connectivity index (χ0) is 5.11. The van der Waals surface area contributed by atoms with Gasteiger partial charge in [-0.3, -0.25) is 4.99 Å². The number of rotatable bonds is 1. The van der Waals surface area contributed by atoms with Gasteiger partial charge in [0.2, 0.25) is 0 Å². The molecule has 0 N–H and O–H groups in total. The summed E-state index contributed by atoms with van der Waals surface area (Å²) in [5.74, 6) is 0. The second-order valence-electron chi connectivity index (χ2n) is 1.22. The van der Waals surface area contributed by atoms with Gasteiger partial charge in [0.1, 0.15) is 11.0 Å².